The van der Waals surface area contributed by atoms with Gasteiger partial charge >= 0.3 is 6.09 Å². The Morgan fingerprint density at radius 1 is 1.24 bits per heavy atom. The highest BCUT2D eigenvalue weighted by Crippen LogP contribution is 2.39. The molecule has 4 rings (SSSR count). The molecule has 202 valence electrons. The Bertz CT molecular complexity index is 1180. The van der Waals surface area contributed by atoms with Gasteiger partial charge < -0.3 is 19.7 Å². The van der Waals surface area contributed by atoms with Crippen molar-refractivity contribution < 1.29 is 28.2 Å². The Morgan fingerprint density at radius 2 is 1.97 bits per heavy atom. The molecule has 1 saturated heterocycles. The Hall–Kier alpha value is -3.05. The lowest BCUT2D eigenvalue weighted by Crippen LogP contribution is -2.58. The van der Waals surface area contributed by atoms with Crippen LogP contribution in [0.25, 0.3) is 0 Å². The minimum Gasteiger partial charge on any atom is -0.465 e. The second kappa shape index (κ2) is 10.4. The van der Waals surface area contributed by atoms with E-state index in [0.717, 1.165) is 29.6 Å². The third-order valence-corrected chi connectivity index (χ3v) is 7.09. The van der Waals surface area contributed by atoms with Gasteiger partial charge in [-0.25, -0.2) is 18.6 Å². The molecule has 0 radical (unpaired) electrons. The van der Waals surface area contributed by atoms with Crippen LogP contribution in [0, 0.1) is 11.6 Å². The minimum atomic E-state index is -1.15. The van der Waals surface area contributed by atoms with Crippen LogP contribution in [0.1, 0.15) is 74.7 Å². The van der Waals surface area contributed by atoms with Gasteiger partial charge in [0.15, 0.2) is 5.82 Å². The standard InChI is InChI=1S/C26H35F2N5O4/c1-6-29-24(34)23-30-19-12-31(13-21(19)32(23)7-2)16-11-20(33(25(35)36)26(3,4)5)22(37-14-16)17-10-15(27)8-9-18(17)28/h8-10,16,20,22H,6-7,11-14H2,1-5H3,(H,29,34)(H,35,36)/t16-,20+,22-/m1/s1. The molecule has 37 heavy (non-hydrogen) atoms. The monoisotopic (exact) mass is 519 g/mol. The molecule has 0 spiro atoms. The van der Waals surface area contributed by atoms with E-state index >= 15 is 0 Å². The summed E-state index contributed by atoms with van der Waals surface area (Å²) < 4.78 is 36.9. The summed E-state index contributed by atoms with van der Waals surface area (Å²) in [7, 11) is 0. The maximum atomic E-state index is 14.8. The van der Waals surface area contributed by atoms with Crippen LogP contribution in [-0.2, 0) is 24.4 Å². The van der Waals surface area contributed by atoms with E-state index in [1.807, 2.05) is 18.4 Å². The maximum absolute atomic E-state index is 14.8. The van der Waals surface area contributed by atoms with E-state index in [9.17, 15) is 23.5 Å². The van der Waals surface area contributed by atoms with Gasteiger partial charge in [-0.15, -0.1) is 0 Å². The zero-order valence-corrected chi connectivity index (χ0v) is 21.9. The van der Waals surface area contributed by atoms with Crippen LogP contribution in [0.2, 0.25) is 0 Å². The Labute approximate surface area is 215 Å². The number of rotatable bonds is 6. The molecule has 2 N–H and O–H groups in total. The van der Waals surface area contributed by atoms with Gasteiger partial charge in [-0.3, -0.25) is 14.6 Å². The lowest BCUT2D eigenvalue weighted by atomic mass is 9.88. The lowest BCUT2D eigenvalue weighted by Gasteiger charge is -2.48. The molecule has 3 heterocycles. The van der Waals surface area contributed by atoms with Crippen molar-refractivity contribution in [1.82, 2.24) is 24.7 Å². The summed E-state index contributed by atoms with van der Waals surface area (Å²) in [6, 6.07) is 2.22. The molecule has 0 unspecified atom stereocenters. The summed E-state index contributed by atoms with van der Waals surface area (Å²) in [4.78, 5) is 32.9. The van der Waals surface area contributed by atoms with Gasteiger partial charge in [-0.1, -0.05) is 0 Å². The van der Waals surface area contributed by atoms with E-state index in [2.05, 4.69) is 15.2 Å². The SMILES string of the molecule is CCNC(=O)c1nc2c(n1CC)CN([C@H]1CO[C@H](c3cc(F)ccc3F)[C@@H](N(C(=O)O)C(C)(C)C)C1)C2. The van der Waals surface area contributed by atoms with E-state index in [0.29, 0.717) is 38.4 Å². The zero-order chi connectivity index (χ0) is 27.1. The van der Waals surface area contributed by atoms with Crippen molar-refractivity contribution in [3.05, 3.63) is 52.6 Å². The third-order valence-electron chi connectivity index (χ3n) is 7.09. The first-order chi connectivity index (χ1) is 17.5. The lowest BCUT2D eigenvalue weighted by molar-refractivity contribution is -0.103. The molecule has 1 aromatic heterocycles. The first-order valence-electron chi connectivity index (χ1n) is 12.7. The minimum absolute atomic E-state index is 0.00864. The molecule has 0 aliphatic carbocycles. The predicted octanol–water partition coefficient (Wildman–Crippen LogP) is 3.92. The van der Waals surface area contributed by atoms with Gasteiger partial charge in [0.05, 0.1) is 24.0 Å². The Kier molecular flexibility index (Phi) is 7.57. The number of nitrogens with one attached hydrogen (secondary N) is 1. The van der Waals surface area contributed by atoms with Crippen molar-refractivity contribution in [2.45, 2.75) is 84.4 Å². The third kappa shape index (κ3) is 5.19. The number of fused-ring (bicyclic) bond motifs is 1. The number of aromatic nitrogens is 2. The average molecular weight is 520 g/mol. The normalized spacial score (nSPS) is 22.1. The highest BCUT2D eigenvalue weighted by molar-refractivity contribution is 5.91. The van der Waals surface area contributed by atoms with Crippen molar-refractivity contribution in [1.29, 1.82) is 0 Å². The van der Waals surface area contributed by atoms with E-state index in [1.165, 1.54) is 4.90 Å². The fourth-order valence-electron chi connectivity index (χ4n) is 5.54. The van der Waals surface area contributed by atoms with Gasteiger partial charge in [0.2, 0.25) is 0 Å². The maximum Gasteiger partial charge on any atom is 0.408 e. The van der Waals surface area contributed by atoms with Crippen LogP contribution in [0.3, 0.4) is 0 Å². The van der Waals surface area contributed by atoms with E-state index in [1.54, 1.807) is 20.8 Å². The second-order valence-electron chi connectivity index (χ2n) is 10.5. The zero-order valence-electron chi connectivity index (χ0n) is 21.9. The fraction of sp³-hybridized carbons (Fsp3) is 0.577. The average Bonchev–Trinajstić information content (AvgIpc) is 3.38. The van der Waals surface area contributed by atoms with Crippen LogP contribution in [0.5, 0.6) is 0 Å². The highest BCUT2D eigenvalue weighted by Gasteiger charge is 2.46. The van der Waals surface area contributed by atoms with Gasteiger partial charge in [0.25, 0.3) is 5.91 Å². The highest BCUT2D eigenvalue weighted by atomic mass is 19.1. The molecule has 11 heteroatoms. The number of hydrogen-bond donors (Lipinski definition) is 2. The van der Waals surface area contributed by atoms with Crippen molar-refractivity contribution in [3.8, 4) is 0 Å². The summed E-state index contributed by atoms with van der Waals surface area (Å²) in [5.41, 5.74) is 0.961. The number of imidazole rings is 1. The Balaban J connectivity index is 1.63. The van der Waals surface area contributed by atoms with Crippen LogP contribution < -0.4 is 5.32 Å². The van der Waals surface area contributed by atoms with Crippen molar-refractivity contribution in [2.75, 3.05) is 13.2 Å². The molecule has 9 nitrogen and oxygen atoms in total. The number of hydrogen-bond acceptors (Lipinski definition) is 5. The molecule has 2 aromatic rings. The molecular weight excluding hydrogens is 484 g/mol. The van der Waals surface area contributed by atoms with Gasteiger partial charge in [0, 0.05) is 43.3 Å². The smallest absolute Gasteiger partial charge is 0.408 e. The molecule has 3 atom stereocenters. The summed E-state index contributed by atoms with van der Waals surface area (Å²) in [6.07, 6.45) is -1.75. The molecule has 0 saturated carbocycles. The quantitative estimate of drug-likeness (QED) is 0.600. The first-order valence-corrected chi connectivity index (χ1v) is 12.7. The fourth-order valence-corrected chi connectivity index (χ4v) is 5.54. The van der Waals surface area contributed by atoms with Crippen molar-refractivity contribution in [3.63, 3.8) is 0 Å². The summed E-state index contributed by atoms with van der Waals surface area (Å²) in [5.74, 6) is -1.08. The molecule has 1 fully saturated rings. The number of amides is 2. The Morgan fingerprint density at radius 3 is 2.59 bits per heavy atom. The number of benzene rings is 1. The summed E-state index contributed by atoms with van der Waals surface area (Å²) in [5, 5.41) is 12.9. The topological polar surface area (TPSA) is 99.9 Å². The summed E-state index contributed by atoms with van der Waals surface area (Å²) in [6.45, 7) is 11.4. The van der Waals surface area contributed by atoms with E-state index in [-0.39, 0.29) is 24.1 Å². The molecule has 2 aliphatic rings. The number of carbonyl (C=O) groups is 2. The second-order valence-corrected chi connectivity index (χ2v) is 10.5. The van der Waals surface area contributed by atoms with E-state index in [4.69, 9.17) is 4.74 Å². The van der Waals surface area contributed by atoms with Gasteiger partial charge in [-0.05, 0) is 59.2 Å². The molecular formula is C26H35F2N5O4. The van der Waals surface area contributed by atoms with Crippen LogP contribution >= 0.6 is 0 Å². The molecule has 0 bridgehead atoms. The van der Waals surface area contributed by atoms with Crippen LogP contribution in [0.15, 0.2) is 18.2 Å². The van der Waals surface area contributed by atoms with Gasteiger partial charge in [0.1, 0.15) is 17.7 Å². The van der Waals surface area contributed by atoms with Crippen molar-refractivity contribution >= 4 is 12.0 Å². The molecule has 2 aliphatic heterocycles. The summed E-state index contributed by atoms with van der Waals surface area (Å²) >= 11 is 0. The van der Waals surface area contributed by atoms with Crippen LogP contribution in [0.4, 0.5) is 13.6 Å². The number of carboxylic acid groups (broad SMARTS) is 1. The predicted molar refractivity (Wildman–Crippen MR) is 132 cm³/mol. The largest absolute Gasteiger partial charge is 0.465 e. The molecule has 2 amide bonds. The number of carbonyl (C=O) groups excluding carboxylic acids is 1. The number of nitrogens with zero attached hydrogens (tertiary/aromatic N) is 4. The number of halogens is 2. The van der Waals surface area contributed by atoms with Gasteiger partial charge in [-0.2, -0.15) is 0 Å². The van der Waals surface area contributed by atoms with Crippen molar-refractivity contribution in [2.24, 2.45) is 0 Å². The number of ether oxygens (including phenoxy) is 1. The van der Waals surface area contributed by atoms with Crippen LogP contribution in [-0.4, -0.2) is 67.2 Å². The molecule has 1 aromatic carbocycles. The first kappa shape index (κ1) is 27.0. The van der Waals surface area contributed by atoms with E-state index < -0.39 is 35.4 Å².